The number of halogens is 4. The third kappa shape index (κ3) is 3.48. The number of Topliss-reactive ketones (excluding diaryl/α,β-unsaturated/α-hetero) is 1. The molecule has 110 valence electrons. The lowest BCUT2D eigenvalue weighted by Gasteiger charge is -2.10. The smallest absolute Gasteiger partial charge is 0.294 e. The summed E-state index contributed by atoms with van der Waals surface area (Å²) in [5, 5.41) is 0. The van der Waals surface area contributed by atoms with Crippen LogP contribution in [-0.4, -0.2) is 5.78 Å². The maximum atomic E-state index is 13.9. The summed E-state index contributed by atoms with van der Waals surface area (Å²) < 4.78 is 51.7. The van der Waals surface area contributed by atoms with E-state index in [9.17, 15) is 22.4 Å². The van der Waals surface area contributed by atoms with Crippen molar-refractivity contribution in [1.82, 2.24) is 0 Å². The Kier molecular flexibility index (Phi) is 4.11. The summed E-state index contributed by atoms with van der Waals surface area (Å²) in [4.78, 5) is 12.0. The Morgan fingerprint density at radius 3 is 2.38 bits per heavy atom. The van der Waals surface area contributed by atoms with E-state index in [1.165, 1.54) is 0 Å². The lowest BCUT2D eigenvalue weighted by molar-refractivity contribution is -0.140. The first-order chi connectivity index (χ1) is 9.79. The normalized spacial score (nSPS) is 11.5. The van der Waals surface area contributed by atoms with Crippen molar-refractivity contribution in [2.24, 2.45) is 0 Å². The number of aryl methyl sites for hydroxylation is 1. The van der Waals surface area contributed by atoms with Gasteiger partial charge in [-0.25, -0.2) is 4.39 Å². The fraction of sp³-hybridized carbons (Fsp3) is 0.188. The van der Waals surface area contributed by atoms with Gasteiger partial charge in [0.1, 0.15) is 5.82 Å². The van der Waals surface area contributed by atoms with Crippen LogP contribution in [0, 0.1) is 12.7 Å². The average Bonchev–Trinajstić information content (AvgIpc) is 2.37. The topological polar surface area (TPSA) is 17.1 Å². The van der Waals surface area contributed by atoms with E-state index in [0.29, 0.717) is 11.6 Å². The average molecular weight is 296 g/mol. The molecular formula is C16H12F4O. The van der Waals surface area contributed by atoms with Gasteiger partial charge in [-0.3, -0.25) is 4.79 Å². The number of hydrogen-bond donors (Lipinski definition) is 0. The van der Waals surface area contributed by atoms with E-state index in [-0.39, 0.29) is 6.42 Å². The molecule has 0 N–H and O–H groups in total. The summed E-state index contributed by atoms with van der Waals surface area (Å²) in [6.45, 7) is 1.83. The van der Waals surface area contributed by atoms with Gasteiger partial charge >= 0.3 is 6.18 Å². The number of carbonyl (C=O) groups is 1. The summed E-state index contributed by atoms with van der Waals surface area (Å²) >= 11 is 0. The molecule has 5 heteroatoms. The largest absolute Gasteiger partial charge is 0.419 e. The zero-order chi connectivity index (χ0) is 15.6. The Labute approximate surface area is 119 Å². The van der Waals surface area contributed by atoms with E-state index in [2.05, 4.69) is 0 Å². The van der Waals surface area contributed by atoms with Crippen LogP contribution in [0.4, 0.5) is 17.6 Å². The Morgan fingerprint density at radius 1 is 1.10 bits per heavy atom. The standard InChI is InChI=1S/C16H12F4O/c1-10-4-2-5-11(8-10)9-14(21)12-6-3-7-13(15(12)17)16(18,19)20/h2-8H,9H2,1H3. The minimum atomic E-state index is -4.82. The third-order valence-electron chi connectivity index (χ3n) is 3.05. The van der Waals surface area contributed by atoms with Gasteiger partial charge in [0.15, 0.2) is 5.78 Å². The number of alkyl halides is 3. The Hall–Kier alpha value is -2.17. The fourth-order valence-corrected chi connectivity index (χ4v) is 2.07. The van der Waals surface area contributed by atoms with E-state index >= 15 is 0 Å². The molecule has 21 heavy (non-hydrogen) atoms. The van der Waals surface area contributed by atoms with Gasteiger partial charge in [-0.05, 0) is 24.6 Å². The van der Waals surface area contributed by atoms with Gasteiger partial charge in [-0.2, -0.15) is 13.2 Å². The first-order valence-electron chi connectivity index (χ1n) is 6.23. The predicted molar refractivity (Wildman–Crippen MR) is 70.6 cm³/mol. The molecule has 1 nitrogen and oxygen atoms in total. The van der Waals surface area contributed by atoms with Gasteiger partial charge in [0, 0.05) is 6.42 Å². The molecule has 2 aromatic rings. The molecule has 0 aliphatic carbocycles. The molecule has 0 saturated heterocycles. The van der Waals surface area contributed by atoms with E-state index in [4.69, 9.17) is 0 Å². The summed E-state index contributed by atoms with van der Waals surface area (Å²) in [7, 11) is 0. The Bertz CT molecular complexity index is 674. The molecule has 2 aromatic carbocycles. The molecule has 0 bridgehead atoms. The van der Waals surface area contributed by atoms with Crippen molar-refractivity contribution >= 4 is 5.78 Å². The Balaban J connectivity index is 2.32. The minimum Gasteiger partial charge on any atom is -0.294 e. The van der Waals surface area contributed by atoms with Crippen molar-refractivity contribution in [3.8, 4) is 0 Å². The van der Waals surface area contributed by atoms with Crippen molar-refractivity contribution in [3.05, 3.63) is 70.5 Å². The van der Waals surface area contributed by atoms with Crippen molar-refractivity contribution in [1.29, 1.82) is 0 Å². The highest BCUT2D eigenvalue weighted by Crippen LogP contribution is 2.32. The highest BCUT2D eigenvalue weighted by molar-refractivity contribution is 5.98. The Morgan fingerprint density at radius 2 is 1.76 bits per heavy atom. The summed E-state index contributed by atoms with van der Waals surface area (Å²) in [5.74, 6) is -2.19. The van der Waals surface area contributed by atoms with Crippen LogP contribution >= 0.6 is 0 Å². The molecule has 0 aliphatic rings. The molecule has 0 spiro atoms. The van der Waals surface area contributed by atoms with Crippen molar-refractivity contribution in [3.63, 3.8) is 0 Å². The number of carbonyl (C=O) groups excluding carboxylic acids is 1. The number of benzene rings is 2. The molecule has 0 fully saturated rings. The van der Waals surface area contributed by atoms with E-state index in [0.717, 1.165) is 17.7 Å². The monoisotopic (exact) mass is 296 g/mol. The summed E-state index contributed by atoms with van der Waals surface area (Å²) in [5.41, 5.74) is -0.398. The maximum Gasteiger partial charge on any atom is 0.419 e. The second kappa shape index (κ2) is 5.68. The summed E-state index contributed by atoms with van der Waals surface area (Å²) in [6.07, 6.45) is -4.95. The van der Waals surface area contributed by atoms with Gasteiger partial charge in [0.25, 0.3) is 0 Å². The quantitative estimate of drug-likeness (QED) is 0.598. The van der Waals surface area contributed by atoms with Gasteiger partial charge in [-0.1, -0.05) is 35.9 Å². The first kappa shape index (κ1) is 15.2. The zero-order valence-electron chi connectivity index (χ0n) is 11.2. The highest BCUT2D eigenvalue weighted by atomic mass is 19.4. The van der Waals surface area contributed by atoms with Crippen LogP contribution in [0.2, 0.25) is 0 Å². The molecule has 0 aromatic heterocycles. The van der Waals surface area contributed by atoms with E-state index in [1.54, 1.807) is 18.2 Å². The molecule has 2 rings (SSSR count). The fourth-order valence-electron chi connectivity index (χ4n) is 2.07. The minimum absolute atomic E-state index is 0.139. The zero-order valence-corrected chi connectivity index (χ0v) is 11.2. The second-order valence-corrected chi connectivity index (χ2v) is 4.75. The second-order valence-electron chi connectivity index (χ2n) is 4.75. The van der Waals surface area contributed by atoms with E-state index < -0.39 is 28.9 Å². The summed E-state index contributed by atoms with van der Waals surface area (Å²) in [6, 6.07) is 9.72. The predicted octanol–water partition coefficient (Wildman–Crippen LogP) is 4.58. The van der Waals surface area contributed by atoms with Crippen LogP contribution in [0.1, 0.15) is 27.0 Å². The van der Waals surface area contributed by atoms with E-state index in [1.807, 2.05) is 13.0 Å². The van der Waals surface area contributed by atoms with Crippen molar-refractivity contribution in [2.45, 2.75) is 19.5 Å². The maximum absolute atomic E-state index is 13.9. The lowest BCUT2D eigenvalue weighted by Crippen LogP contribution is -2.13. The van der Waals surface area contributed by atoms with Gasteiger partial charge in [-0.15, -0.1) is 0 Å². The highest BCUT2D eigenvalue weighted by Gasteiger charge is 2.35. The number of hydrogen-bond acceptors (Lipinski definition) is 1. The molecule has 0 atom stereocenters. The number of rotatable bonds is 3. The van der Waals surface area contributed by atoms with Crippen LogP contribution in [0.5, 0.6) is 0 Å². The molecule has 0 saturated carbocycles. The van der Waals surface area contributed by atoms with Crippen LogP contribution in [-0.2, 0) is 12.6 Å². The molecule has 0 unspecified atom stereocenters. The molecule has 0 heterocycles. The van der Waals surface area contributed by atoms with Gasteiger partial charge in [0.05, 0.1) is 11.1 Å². The van der Waals surface area contributed by atoms with Crippen molar-refractivity contribution in [2.75, 3.05) is 0 Å². The van der Waals surface area contributed by atoms with Crippen molar-refractivity contribution < 1.29 is 22.4 Å². The van der Waals surface area contributed by atoms with Gasteiger partial charge in [0.2, 0.25) is 0 Å². The molecule has 0 radical (unpaired) electrons. The van der Waals surface area contributed by atoms with Crippen LogP contribution in [0.25, 0.3) is 0 Å². The number of ketones is 1. The molecular weight excluding hydrogens is 284 g/mol. The first-order valence-corrected chi connectivity index (χ1v) is 6.23. The lowest BCUT2D eigenvalue weighted by atomic mass is 9.99. The third-order valence-corrected chi connectivity index (χ3v) is 3.05. The van der Waals surface area contributed by atoms with Crippen LogP contribution in [0.3, 0.4) is 0 Å². The van der Waals surface area contributed by atoms with Crippen LogP contribution < -0.4 is 0 Å². The van der Waals surface area contributed by atoms with Gasteiger partial charge < -0.3 is 0 Å². The molecule has 0 amide bonds. The SMILES string of the molecule is Cc1cccc(CC(=O)c2cccc(C(F)(F)F)c2F)c1. The van der Waals surface area contributed by atoms with Crippen LogP contribution in [0.15, 0.2) is 42.5 Å². The molecule has 0 aliphatic heterocycles.